The van der Waals surface area contributed by atoms with Crippen LogP contribution in [-0.2, 0) is 11.3 Å². The summed E-state index contributed by atoms with van der Waals surface area (Å²) < 4.78 is 5.23. The van der Waals surface area contributed by atoms with Crippen LogP contribution in [0, 0.1) is 12.8 Å². The molecule has 1 fully saturated rings. The Morgan fingerprint density at radius 2 is 2.14 bits per heavy atom. The van der Waals surface area contributed by atoms with E-state index in [1.807, 2.05) is 0 Å². The first-order chi connectivity index (χ1) is 10.1. The van der Waals surface area contributed by atoms with E-state index in [1.54, 1.807) is 13.1 Å². The molecule has 0 saturated heterocycles. The quantitative estimate of drug-likeness (QED) is 0.768. The molecule has 1 unspecified atom stereocenters. The number of carboxylic acid groups (broad SMARTS) is 1. The second-order valence-corrected chi connectivity index (χ2v) is 5.41. The van der Waals surface area contributed by atoms with Crippen LogP contribution in [0.15, 0.2) is 10.6 Å². The molecule has 7 heteroatoms. The first kappa shape index (κ1) is 15.3. The van der Waals surface area contributed by atoms with Crippen molar-refractivity contribution in [3.8, 4) is 0 Å². The monoisotopic (exact) mass is 295 g/mol. The van der Waals surface area contributed by atoms with E-state index in [2.05, 4.69) is 15.6 Å². The molecular weight excluding hydrogens is 274 g/mol. The van der Waals surface area contributed by atoms with E-state index in [0.717, 1.165) is 32.1 Å². The molecule has 0 aliphatic heterocycles. The minimum Gasteiger partial charge on any atom is -0.480 e. The highest BCUT2D eigenvalue weighted by Crippen LogP contribution is 2.26. The molecule has 1 aromatic heterocycles. The van der Waals surface area contributed by atoms with E-state index >= 15 is 0 Å². The average molecular weight is 295 g/mol. The molecule has 7 nitrogen and oxygen atoms in total. The number of hydrogen-bond donors (Lipinski definition) is 3. The van der Waals surface area contributed by atoms with E-state index in [-0.39, 0.29) is 12.5 Å². The summed E-state index contributed by atoms with van der Waals surface area (Å²) in [6.07, 6.45) is 6.43. The predicted molar refractivity (Wildman–Crippen MR) is 74.6 cm³/mol. The molecule has 0 spiro atoms. The number of carbonyl (C=O) groups is 2. The van der Waals surface area contributed by atoms with Crippen molar-refractivity contribution in [3.05, 3.63) is 17.8 Å². The molecule has 0 bridgehead atoms. The summed E-state index contributed by atoms with van der Waals surface area (Å²) in [5.41, 5.74) is 0. The van der Waals surface area contributed by atoms with Gasteiger partial charge in [0, 0.05) is 0 Å². The van der Waals surface area contributed by atoms with Gasteiger partial charge in [-0.1, -0.05) is 19.3 Å². The van der Waals surface area contributed by atoms with Gasteiger partial charge in [-0.05, 0) is 25.7 Å². The number of oxazole rings is 1. The Balaban J connectivity index is 1.84. The molecule has 0 radical (unpaired) electrons. The fourth-order valence-electron chi connectivity index (χ4n) is 2.68. The third-order valence-corrected chi connectivity index (χ3v) is 3.74. The van der Waals surface area contributed by atoms with E-state index in [4.69, 9.17) is 4.42 Å². The molecule has 1 aromatic rings. The fraction of sp³-hybridized carbons (Fsp3) is 0.643. The zero-order chi connectivity index (χ0) is 15.2. The Kier molecular flexibility index (Phi) is 5.19. The van der Waals surface area contributed by atoms with Crippen LogP contribution in [0.5, 0.6) is 0 Å². The summed E-state index contributed by atoms with van der Waals surface area (Å²) in [6, 6.07) is -1.35. The maximum atomic E-state index is 11.8. The summed E-state index contributed by atoms with van der Waals surface area (Å²) in [7, 11) is 0. The summed E-state index contributed by atoms with van der Waals surface area (Å²) in [5.74, 6) is 0.0833. The molecule has 116 valence electrons. The van der Waals surface area contributed by atoms with E-state index in [9.17, 15) is 14.7 Å². The number of carboxylic acids is 1. The lowest BCUT2D eigenvalue weighted by Gasteiger charge is -2.27. The third kappa shape index (κ3) is 4.47. The van der Waals surface area contributed by atoms with Gasteiger partial charge < -0.3 is 20.2 Å². The molecular formula is C14H21N3O4. The lowest BCUT2D eigenvalue weighted by molar-refractivity contribution is -0.141. The third-order valence-electron chi connectivity index (χ3n) is 3.74. The van der Waals surface area contributed by atoms with Gasteiger partial charge in [-0.3, -0.25) is 0 Å². The van der Waals surface area contributed by atoms with E-state index in [0.29, 0.717) is 11.7 Å². The largest absolute Gasteiger partial charge is 0.480 e. The number of aliphatic carboxylic acids is 1. The van der Waals surface area contributed by atoms with Gasteiger partial charge in [-0.2, -0.15) is 0 Å². The number of hydrogen-bond acceptors (Lipinski definition) is 4. The van der Waals surface area contributed by atoms with Gasteiger partial charge >= 0.3 is 12.0 Å². The highest BCUT2D eigenvalue weighted by Gasteiger charge is 2.30. The smallest absolute Gasteiger partial charge is 0.326 e. The molecule has 1 heterocycles. The number of aryl methyl sites for hydroxylation is 1. The first-order valence-electron chi connectivity index (χ1n) is 7.24. The summed E-state index contributed by atoms with van der Waals surface area (Å²) in [4.78, 5) is 27.1. The number of aromatic nitrogens is 1. The molecule has 2 rings (SSSR count). The number of rotatable bonds is 5. The Labute approximate surface area is 123 Å². The zero-order valence-corrected chi connectivity index (χ0v) is 12.1. The normalized spacial score (nSPS) is 17.2. The van der Waals surface area contributed by atoms with E-state index in [1.165, 1.54) is 0 Å². The lowest BCUT2D eigenvalue weighted by atomic mass is 9.84. The van der Waals surface area contributed by atoms with Gasteiger partial charge in [0.2, 0.25) is 5.89 Å². The van der Waals surface area contributed by atoms with Crippen LogP contribution >= 0.6 is 0 Å². The fourth-order valence-corrected chi connectivity index (χ4v) is 2.68. The minimum atomic E-state index is -0.982. The number of nitrogens with zero attached hydrogens (tertiary/aromatic N) is 1. The van der Waals surface area contributed by atoms with Crippen LogP contribution in [0.4, 0.5) is 4.79 Å². The molecule has 3 N–H and O–H groups in total. The molecule has 1 aliphatic rings. The van der Waals surface area contributed by atoms with E-state index < -0.39 is 18.0 Å². The predicted octanol–water partition coefficient (Wildman–Crippen LogP) is 1.82. The molecule has 21 heavy (non-hydrogen) atoms. The van der Waals surface area contributed by atoms with Gasteiger partial charge in [0.25, 0.3) is 0 Å². The van der Waals surface area contributed by atoms with Gasteiger partial charge in [0.05, 0.1) is 12.7 Å². The van der Waals surface area contributed by atoms with Crippen molar-refractivity contribution in [3.63, 3.8) is 0 Å². The second-order valence-electron chi connectivity index (χ2n) is 5.41. The van der Waals surface area contributed by atoms with Gasteiger partial charge in [0.15, 0.2) is 0 Å². The number of urea groups is 1. The van der Waals surface area contributed by atoms with Gasteiger partial charge in [0.1, 0.15) is 11.8 Å². The Morgan fingerprint density at radius 3 is 2.71 bits per heavy atom. The van der Waals surface area contributed by atoms with Gasteiger partial charge in [-0.15, -0.1) is 0 Å². The summed E-state index contributed by atoms with van der Waals surface area (Å²) in [6.45, 7) is 1.90. The summed E-state index contributed by atoms with van der Waals surface area (Å²) >= 11 is 0. The lowest BCUT2D eigenvalue weighted by Crippen LogP contribution is -2.50. The Hall–Kier alpha value is -2.05. The van der Waals surface area contributed by atoms with Crippen molar-refractivity contribution in [2.45, 2.75) is 51.6 Å². The van der Waals surface area contributed by atoms with Crippen molar-refractivity contribution in [1.29, 1.82) is 0 Å². The van der Waals surface area contributed by atoms with Crippen LogP contribution in [0.1, 0.15) is 43.8 Å². The van der Waals surface area contributed by atoms with Crippen LogP contribution in [0.3, 0.4) is 0 Å². The minimum absolute atomic E-state index is 0.00554. The molecule has 0 aromatic carbocycles. The first-order valence-corrected chi connectivity index (χ1v) is 7.24. The SMILES string of the molecule is Cc1cnc(CNC(=O)NC(C(=O)O)C2CCCCC2)o1. The molecule has 2 amide bonds. The standard InChI is InChI=1S/C14H21N3O4/c1-9-7-15-11(21-9)8-16-14(20)17-12(13(18)19)10-5-3-2-4-6-10/h7,10,12H,2-6,8H2,1H3,(H,18,19)(H2,16,17,20). The highest BCUT2D eigenvalue weighted by atomic mass is 16.4. The van der Waals surface area contributed by atoms with Crippen LogP contribution in [0.2, 0.25) is 0 Å². The van der Waals surface area contributed by atoms with Crippen molar-refractivity contribution < 1.29 is 19.1 Å². The molecule has 1 atom stereocenters. The number of nitrogens with one attached hydrogen (secondary N) is 2. The maximum Gasteiger partial charge on any atom is 0.326 e. The van der Waals surface area contributed by atoms with Crippen molar-refractivity contribution in [2.75, 3.05) is 0 Å². The number of amides is 2. The Bertz CT molecular complexity index is 494. The summed E-state index contributed by atoms with van der Waals surface area (Å²) in [5, 5.41) is 14.4. The van der Waals surface area contributed by atoms with Crippen LogP contribution < -0.4 is 10.6 Å². The molecule has 1 saturated carbocycles. The average Bonchev–Trinajstić information content (AvgIpc) is 2.89. The topological polar surface area (TPSA) is 104 Å². The maximum absolute atomic E-state index is 11.8. The highest BCUT2D eigenvalue weighted by molar-refractivity contribution is 5.82. The molecule has 1 aliphatic carbocycles. The Morgan fingerprint density at radius 1 is 1.43 bits per heavy atom. The van der Waals surface area contributed by atoms with Gasteiger partial charge in [-0.25, -0.2) is 14.6 Å². The van der Waals surface area contributed by atoms with Crippen LogP contribution in [0.25, 0.3) is 0 Å². The van der Waals surface area contributed by atoms with Crippen molar-refractivity contribution >= 4 is 12.0 Å². The van der Waals surface area contributed by atoms with Crippen LogP contribution in [-0.4, -0.2) is 28.1 Å². The van der Waals surface area contributed by atoms with Crippen molar-refractivity contribution in [2.24, 2.45) is 5.92 Å². The van der Waals surface area contributed by atoms with Crippen molar-refractivity contribution in [1.82, 2.24) is 15.6 Å². The second kappa shape index (κ2) is 7.10. The zero-order valence-electron chi connectivity index (χ0n) is 12.1. The number of carbonyl (C=O) groups excluding carboxylic acids is 1.